The van der Waals surface area contributed by atoms with Crippen molar-refractivity contribution in [3.63, 3.8) is 0 Å². The standard InChI is InChI=1S/C14H22ClN/c1-4-11(2)9-13(16-3)10-12-7-5-6-8-14(12)15/h5-8,11,13,16H,4,9-10H2,1-3H3. The van der Waals surface area contributed by atoms with Crippen molar-refractivity contribution in [3.05, 3.63) is 34.9 Å². The molecule has 0 aliphatic heterocycles. The Morgan fingerprint density at radius 1 is 1.31 bits per heavy atom. The third kappa shape index (κ3) is 4.15. The van der Waals surface area contributed by atoms with Crippen LogP contribution in [0.5, 0.6) is 0 Å². The van der Waals surface area contributed by atoms with Gasteiger partial charge in [-0.3, -0.25) is 0 Å². The Labute approximate surface area is 104 Å². The first-order chi connectivity index (χ1) is 7.67. The highest BCUT2D eigenvalue weighted by atomic mass is 35.5. The second-order valence-corrected chi connectivity index (χ2v) is 4.94. The van der Waals surface area contributed by atoms with E-state index in [0.717, 1.165) is 17.4 Å². The van der Waals surface area contributed by atoms with Crippen LogP contribution in [0, 0.1) is 5.92 Å². The van der Waals surface area contributed by atoms with Crippen molar-refractivity contribution < 1.29 is 0 Å². The molecule has 0 fully saturated rings. The smallest absolute Gasteiger partial charge is 0.0438 e. The molecule has 1 N–H and O–H groups in total. The predicted molar refractivity (Wildman–Crippen MR) is 72.1 cm³/mol. The number of nitrogens with one attached hydrogen (secondary N) is 1. The van der Waals surface area contributed by atoms with Crippen LogP contribution in [0.15, 0.2) is 24.3 Å². The van der Waals surface area contributed by atoms with Crippen molar-refractivity contribution in [2.45, 2.75) is 39.2 Å². The lowest BCUT2D eigenvalue weighted by Crippen LogP contribution is -2.29. The molecule has 0 spiro atoms. The minimum absolute atomic E-state index is 0.523. The van der Waals surface area contributed by atoms with Gasteiger partial charge in [0.15, 0.2) is 0 Å². The fourth-order valence-electron chi connectivity index (χ4n) is 1.89. The number of hydrogen-bond donors (Lipinski definition) is 1. The molecule has 16 heavy (non-hydrogen) atoms. The lowest BCUT2D eigenvalue weighted by atomic mass is 9.95. The normalized spacial score (nSPS) is 14.8. The summed E-state index contributed by atoms with van der Waals surface area (Å²) in [5, 5.41) is 4.27. The molecule has 2 unspecified atom stereocenters. The van der Waals surface area contributed by atoms with Gasteiger partial charge >= 0.3 is 0 Å². The topological polar surface area (TPSA) is 12.0 Å². The summed E-state index contributed by atoms with van der Waals surface area (Å²) < 4.78 is 0. The number of rotatable bonds is 6. The molecule has 1 nitrogen and oxygen atoms in total. The highest BCUT2D eigenvalue weighted by Gasteiger charge is 2.12. The SMILES string of the molecule is CCC(C)CC(Cc1ccccc1Cl)NC. The monoisotopic (exact) mass is 239 g/mol. The van der Waals surface area contributed by atoms with Gasteiger partial charge in [0.2, 0.25) is 0 Å². The summed E-state index contributed by atoms with van der Waals surface area (Å²) >= 11 is 6.17. The first kappa shape index (κ1) is 13.5. The molecule has 1 aromatic carbocycles. The fourth-order valence-corrected chi connectivity index (χ4v) is 2.10. The summed E-state index contributed by atoms with van der Waals surface area (Å²) in [5.74, 6) is 0.764. The minimum atomic E-state index is 0.523. The maximum absolute atomic E-state index is 6.17. The molecule has 0 aliphatic rings. The van der Waals surface area contributed by atoms with Crippen LogP contribution >= 0.6 is 11.6 Å². The van der Waals surface area contributed by atoms with E-state index >= 15 is 0 Å². The first-order valence-electron chi connectivity index (χ1n) is 6.08. The molecule has 2 heteroatoms. The van der Waals surface area contributed by atoms with Crippen LogP contribution in [0.3, 0.4) is 0 Å². The molecule has 0 saturated heterocycles. The molecule has 0 aromatic heterocycles. The van der Waals surface area contributed by atoms with Gasteiger partial charge in [0, 0.05) is 11.1 Å². The molecule has 1 aromatic rings. The molecule has 0 aliphatic carbocycles. The Morgan fingerprint density at radius 3 is 2.56 bits per heavy atom. The van der Waals surface area contributed by atoms with E-state index in [0.29, 0.717) is 6.04 Å². The Hall–Kier alpha value is -0.530. The van der Waals surface area contributed by atoms with Crippen molar-refractivity contribution >= 4 is 11.6 Å². The summed E-state index contributed by atoms with van der Waals surface area (Å²) in [4.78, 5) is 0. The molecule has 0 saturated carbocycles. The zero-order chi connectivity index (χ0) is 12.0. The van der Waals surface area contributed by atoms with Crippen LogP contribution in [-0.2, 0) is 6.42 Å². The lowest BCUT2D eigenvalue weighted by molar-refractivity contribution is 0.410. The highest BCUT2D eigenvalue weighted by Crippen LogP contribution is 2.19. The zero-order valence-corrected chi connectivity index (χ0v) is 11.2. The first-order valence-corrected chi connectivity index (χ1v) is 6.45. The van der Waals surface area contributed by atoms with E-state index in [2.05, 4.69) is 31.3 Å². The quantitative estimate of drug-likeness (QED) is 0.794. The van der Waals surface area contributed by atoms with Gasteiger partial charge in [-0.1, -0.05) is 50.1 Å². The molecule has 2 atom stereocenters. The van der Waals surface area contributed by atoms with Crippen molar-refractivity contribution in [1.29, 1.82) is 0 Å². The van der Waals surface area contributed by atoms with Crippen molar-refractivity contribution in [3.8, 4) is 0 Å². The third-order valence-corrected chi connectivity index (χ3v) is 3.58. The molecule has 1 rings (SSSR count). The van der Waals surface area contributed by atoms with E-state index in [1.165, 1.54) is 18.4 Å². The summed E-state index contributed by atoms with van der Waals surface area (Å²) in [6.07, 6.45) is 3.46. The van der Waals surface area contributed by atoms with Gasteiger partial charge in [-0.05, 0) is 37.4 Å². The fraction of sp³-hybridized carbons (Fsp3) is 0.571. The third-order valence-electron chi connectivity index (χ3n) is 3.22. The van der Waals surface area contributed by atoms with E-state index in [9.17, 15) is 0 Å². The molecular weight excluding hydrogens is 218 g/mol. The molecule has 0 amide bonds. The van der Waals surface area contributed by atoms with Crippen LogP contribution in [0.25, 0.3) is 0 Å². The lowest BCUT2D eigenvalue weighted by Gasteiger charge is -2.20. The van der Waals surface area contributed by atoms with Crippen molar-refractivity contribution in [2.24, 2.45) is 5.92 Å². The van der Waals surface area contributed by atoms with E-state index in [1.807, 2.05) is 19.2 Å². The molecule has 90 valence electrons. The van der Waals surface area contributed by atoms with Gasteiger partial charge in [0.05, 0.1) is 0 Å². The van der Waals surface area contributed by atoms with E-state index < -0.39 is 0 Å². The van der Waals surface area contributed by atoms with Crippen LogP contribution in [0.4, 0.5) is 0 Å². The van der Waals surface area contributed by atoms with E-state index in [-0.39, 0.29) is 0 Å². The second kappa shape index (κ2) is 6.93. The Kier molecular flexibility index (Phi) is 5.86. The van der Waals surface area contributed by atoms with Gasteiger partial charge in [0.25, 0.3) is 0 Å². The number of benzene rings is 1. The molecular formula is C14H22ClN. The summed E-state index contributed by atoms with van der Waals surface area (Å²) in [6, 6.07) is 8.64. The maximum Gasteiger partial charge on any atom is 0.0438 e. The highest BCUT2D eigenvalue weighted by molar-refractivity contribution is 6.31. The number of halogens is 1. The zero-order valence-electron chi connectivity index (χ0n) is 10.5. The van der Waals surface area contributed by atoms with E-state index in [4.69, 9.17) is 11.6 Å². The second-order valence-electron chi connectivity index (χ2n) is 4.53. The van der Waals surface area contributed by atoms with Gasteiger partial charge in [-0.2, -0.15) is 0 Å². The minimum Gasteiger partial charge on any atom is -0.317 e. The predicted octanol–water partition coefficient (Wildman–Crippen LogP) is 3.91. The number of hydrogen-bond acceptors (Lipinski definition) is 1. The Morgan fingerprint density at radius 2 is 2.00 bits per heavy atom. The van der Waals surface area contributed by atoms with Gasteiger partial charge in [-0.15, -0.1) is 0 Å². The maximum atomic E-state index is 6.17. The molecule has 0 bridgehead atoms. The van der Waals surface area contributed by atoms with Crippen LogP contribution in [-0.4, -0.2) is 13.1 Å². The largest absolute Gasteiger partial charge is 0.317 e. The van der Waals surface area contributed by atoms with Crippen LogP contribution < -0.4 is 5.32 Å². The van der Waals surface area contributed by atoms with Crippen LogP contribution in [0.2, 0.25) is 5.02 Å². The average Bonchev–Trinajstić information content (AvgIpc) is 2.30. The molecule has 0 radical (unpaired) electrons. The summed E-state index contributed by atoms with van der Waals surface area (Å²) in [5.41, 5.74) is 1.24. The average molecular weight is 240 g/mol. The summed E-state index contributed by atoms with van der Waals surface area (Å²) in [6.45, 7) is 4.55. The van der Waals surface area contributed by atoms with Crippen molar-refractivity contribution in [2.75, 3.05) is 7.05 Å². The molecule has 0 heterocycles. The van der Waals surface area contributed by atoms with Crippen molar-refractivity contribution in [1.82, 2.24) is 5.32 Å². The van der Waals surface area contributed by atoms with Gasteiger partial charge in [0.1, 0.15) is 0 Å². The number of likely N-dealkylation sites (N-methyl/N-ethyl adjacent to an activating group) is 1. The Bertz CT molecular complexity index is 311. The van der Waals surface area contributed by atoms with Crippen LogP contribution in [0.1, 0.15) is 32.3 Å². The summed E-state index contributed by atoms with van der Waals surface area (Å²) in [7, 11) is 2.03. The van der Waals surface area contributed by atoms with E-state index in [1.54, 1.807) is 0 Å². The van der Waals surface area contributed by atoms with Gasteiger partial charge in [-0.25, -0.2) is 0 Å². The Balaban J connectivity index is 2.60. The van der Waals surface area contributed by atoms with Gasteiger partial charge < -0.3 is 5.32 Å².